The van der Waals surface area contributed by atoms with Gasteiger partial charge in [0.15, 0.2) is 0 Å². The van der Waals surface area contributed by atoms with Crippen LogP contribution >= 0.6 is 11.6 Å². The Hall–Kier alpha value is -1.68. The number of nitrogens with one attached hydrogen (secondary N) is 1. The minimum atomic E-state index is -3.60. The van der Waals surface area contributed by atoms with Gasteiger partial charge in [-0.25, -0.2) is 8.42 Å². The standard InChI is InChI=1S/C22H33ClN4O4S/c1-2-3-10-24-22(29)18-5-4-11-25(16-18)17-21(28)26-12-14-27(15-13-26)32(30,31)20-8-6-19(23)7-9-20/h6-9,18H,2-5,10-17H2,1H3,(H,24,29). The lowest BCUT2D eigenvalue weighted by atomic mass is 9.97. The Labute approximate surface area is 195 Å². The number of benzene rings is 1. The quantitative estimate of drug-likeness (QED) is 0.568. The molecule has 2 fully saturated rings. The number of piperidine rings is 1. The Morgan fingerprint density at radius 1 is 1.09 bits per heavy atom. The minimum Gasteiger partial charge on any atom is -0.356 e. The number of rotatable bonds is 8. The maximum atomic E-state index is 12.8. The molecule has 1 aromatic rings. The summed E-state index contributed by atoms with van der Waals surface area (Å²) in [4.78, 5) is 29.2. The molecule has 0 saturated carbocycles. The largest absolute Gasteiger partial charge is 0.356 e. The highest BCUT2D eigenvalue weighted by molar-refractivity contribution is 7.89. The lowest BCUT2D eigenvalue weighted by molar-refractivity contribution is -0.135. The highest BCUT2D eigenvalue weighted by Gasteiger charge is 2.32. The van der Waals surface area contributed by atoms with Crippen LogP contribution in [0.25, 0.3) is 0 Å². The van der Waals surface area contributed by atoms with E-state index in [9.17, 15) is 18.0 Å². The van der Waals surface area contributed by atoms with Crippen molar-refractivity contribution >= 4 is 33.4 Å². The molecule has 1 unspecified atom stereocenters. The van der Waals surface area contributed by atoms with Crippen molar-refractivity contribution in [2.45, 2.75) is 37.5 Å². The summed E-state index contributed by atoms with van der Waals surface area (Å²) in [6, 6.07) is 6.12. The predicted molar refractivity (Wildman–Crippen MR) is 124 cm³/mol. The third kappa shape index (κ3) is 6.43. The third-order valence-electron chi connectivity index (χ3n) is 6.11. The predicted octanol–water partition coefficient (Wildman–Crippen LogP) is 1.80. The second kappa shape index (κ2) is 11.4. The van der Waals surface area contributed by atoms with E-state index in [4.69, 9.17) is 11.6 Å². The van der Waals surface area contributed by atoms with Gasteiger partial charge in [-0.1, -0.05) is 24.9 Å². The van der Waals surface area contributed by atoms with E-state index in [1.54, 1.807) is 17.0 Å². The van der Waals surface area contributed by atoms with Gasteiger partial charge in [0.05, 0.1) is 17.4 Å². The summed E-state index contributed by atoms with van der Waals surface area (Å²) in [7, 11) is -3.60. The minimum absolute atomic E-state index is 0.0133. The van der Waals surface area contributed by atoms with Crippen molar-refractivity contribution in [3.05, 3.63) is 29.3 Å². The molecular weight excluding hydrogens is 452 g/mol. The first-order chi connectivity index (χ1) is 15.3. The molecule has 0 spiro atoms. The van der Waals surface area contributed by atoms with Gasteiger partial charge in [-0.15, -0.1) is 0 Å². The van der Waals surface area contributed by atoms with Crippen molar-refractivity contribution in [3.8, 4) is 0 Å². The molecule has 3 rings (SSSR count). The molecule has 1 N–H and O–H groups in total. The molecule has 1 atom stereocenters. The van der Waals surface area contributed by atoms with Crippen LogP contribution in [-0.4, -0.2) is 86.7 Å². The fourth-order valence-corrected chi connectivity index (χ4v) is 5.72. The molecule has 8 nitrogen and oxygen atoms in total. The highest BCUT2D eigenvalue weighted by atomic mass is 35.5. The average molecular weight is 485 g/mol. The van der Waals surface area contributed by atoms with Gasteiger partial charge in [0.1, 0.15) is 0 Å². The summed E-state index contributed by atoms with van der Waals surface area (Å²) in [5.74, 6) is -0.00743. The zero-order valence-corrected chi connectivity index (χ0v) is 20.2. The van der Waals surface area contributed by atoms with Gasteiger partial charge in [-0.05, 0) is 50.1 Å². The monoisotopic (exact) mass is 484 g/mol. The first-order valence-electron chi connectivity index (χ1n) is 11.3. The third-order valence-corrected chi connectivity index (χ3v) is 8.27. The summed E-state index contributed by atoms with van der Waals surface area (Å²) in [5, 5.41) is 3.48. The van der Waals surface area contributed by atoms with Crippen LogP contribution in [0.3, 0.4) is 0 Å². The molecule has 2 saturated heterocycles. The van der Waals surface area contributed by atoms with Crippen LogP contribution < -0.4 is 5.32 Å². The number of unbranched alkanes of at least 4 members (excludes halogenated alkanes) is 1. The first-order valence-corrected chi connectivity index (χ1v) is 13.2. The van der Waals surface area contributed by atoms with Crippen molar-refractivity contribution in [1.82, 2.24) is 19.4 Å². The van der Waals surface area contributed by atoms with E-state index in [2.05, 4.69) is 12.2 Å². The Kier molecular flexibility index (Phi) is 8.93. The van der Waals surface area contributed by atoms with E-state index >= 15 is 0 Å². The molecular formula is C22H33ClN4O4S. The van der Waals surface area contributed by atoms with E-state index < -0.39 is 10.0 Å². The van der Waals surface area contributed by atoms with Crippen molar-refractivity contribution in [3.63, 3.8) is 0 Å². The summed E-state index contributed by atoms with van der Waals surface area (Å²) in [5.41, 5.74) is 0. The Bertz CT molecular complexity index is 886. The number of halogens is 1. The number of carbonyl (C=O) groups excluding carboxylic acids is 2. The summed E-state index contributed by atoms with van der Waals surface area (Å²) in [6.07, 6.45) is 3.76. The Morgan fingerprint density at radius 3 is 2.44 bits per heavy atom. The van der Waals surface area contributed by atoms with E-state index in [1.165, 1.54) is 16.4 Å². The second-order valence-corrected chi connectivity index (χ2v) is 10.8. The number of piperazine rings is 1. The number of hydrogen-bond acceptors (Lipinski definition) is 5. The van der Waals surface area contributed by atoms with E-state index in [1.807, 2.05) is 4.90 Å². The normalized spacial score (nSPS) is 20.8. The van der Waals surface area contributed by atoms with Gasteiger partial charge < -0.3 is 10.2 Å². The smallest absolute Gasteiger partial charge is 0.243 e. The van der Waals surface area contributed by atoms with Crippen LogP contribution in [0, 0.1) is 5.92 Å². The van der Waals surface area contributed by atoms with Crippen molar-refractivity contribution in [2.75, 3.05) is 52.4 Å². The van der Waals surface area contributed by atoms with Crippen molar-refractivity contribution in [2.24, 2.45) is 5.92 Å². The van der Waals surface area contributed by atoms with Gasteiger partial charge in [0.2, 0.25) is 21.8 Å². The molecule has 2 heterocycles. The lowest BCUT2D eigenvalue weighted by Gasteiger charge is -2.36. The first kappa shape index (κ1) is 25.0. The number of sulfonamides is 1. The zero-order chi connectivity index (χ0) is 23.1. The van der Waals surface area contributed by atoms with Crippen LogP contribution in [0.15, 0.2) is 29.2 Å². The van der Waals surface area contributed by atoms with Crippen LogP contribution in [0.2, 0.25) is 5.02 Å². The number of nitrogens with zero attached hydrogens (tertiary/aromatic N) is 3. The summed E-state index contributed by atoms with van der Waals surface area (Å²) in [6.45, 7) is 5.70. The fourth-order valence-electron chi connectivity index (χ4n) is 4.17. The van der Waals surface area contributed by atoms with Crippen molar-refractivity contribution in [1.29, 1.82) is 0 Å². The number of hydrogen-bond donors (Lipinski definition) is 1. The SMILES string of the molecule is CCCCNC(=O)C1CCCN(CC(=O)N2CCN(S(=O)(=O)c3ccc(Cl)cc3)CC2)C1. The van der Waals surface area contributed by atoms with Crippen molar-refractivity contribution < 1.29 is 18.0 Å². The molecule has 32 heavy (non-hydrogen) atoms. The van der Waals surface area contributed by atoms with Crippen LogP contribution in [-0.2, 0) is 19.6 Å². The Morgan fingerprint density at radius 2 is 1.78 bits per heavy atom. The van der Waals surface area contributed by atoms with Crippen LogP contribution in [0.5, 0.6) is 0 Å². The number of likely N-dealkylation sites (tertiary alicyclic amines) is 1. The van der Waals surface area contributed by atoms with Gasteiger partial charge in [-0.3, -0.25) is 14.5 Å². The van der Waals surface area contributed by atoms with Gasteiger partial charge >= 0.3 is 0 Å². The summed E-state index contributed by atoms with van der Waals surface area (Å²) >= 11 is 5.86. The molecule has 1 aromatic carbocycles. The Balaban J connectivity index is 1.48. The number of carbonyl (C=O) groups is 2. The maximum absolute atomic E-state index is 12.8. The van der Waals surface area contributed by atoms with E-state index in [0.717, 1.165) is 32.2 Å². The van der Waals surface area contributed by atoms with Crippen LogP contribution in [0.4, 0.5) is 0 Å². The molecule has 2 amide bonds. The van der Waals surface area contributed by atoms with Crippen LogP contribution in [0.1, 0.15) is 32.6 Å². The number of amides is 2. The molecule has 0 radical (unpaired) electrons. The highest BCUT2D eigenvalue weighted by Crippen LogP contribution is 2.21. The molecule has 0 bridgehead atoms. The lowest BCUT2D eigenvalue weighted by Crippen LogP contribution is -2.53. The maximum Gasteiger partial charge on any atom is 0.243 e. The fraction of sp³-hybridized carbons (Fsp3) is 0.636. The molecule has 10 heteroatoms. The van der Waals surface area contributed by atoms with Gasteiger partial charge in [0.25, 0.3) is 0 Å². The molecule has 2 aliphatic heterocycles. The van der Waals surface area contributed by atoms with Gasteiger partial charge in [0, 0.05) is 44.3 Å². The molecule has 0 aliphatic carbocycles. The summed E-state index contributed by atoms with van der Waals surface area (Å²) < 4.78 is 27.1. The average Bonchev–Trinajstić information content (AvgIpc) is 2.79. The van der Waals surface area contributed by atoms with Gasteiger partial charge in [-0.2, -0.15) is 4.31 Å². The molecule has 2 aliphatic rings. The second-order valence-electron chi connectivity index (χ2n) is 8.46. The topological polar surface area (TPSA) is 90.0 Å². The van der Waals surface area contributed by atoms with E-state index in [-0.39, 0.29) is 42.3 Å². The zero-order valence-electron chi connectivity index (χ0n) is 18.6. The molecule has 0 aromatic heterocycles. The molecule has 178 valence electrons. The van der Waals surface area contributed by atoms with E-state index in [0.29, 0.717) is 31.2 Å².